The van der Waals surface area contributed by atoms with E-state index in [-0.39, 0.29) is 40.2 Å². The third-order valence-corrected chi connectivity index (χ3v) is 7.79. The second-order valence-electron chi connectivity index (χ2n) is 9.82. The molecule has 40 heavy (non-hydrogen) atoms. The van der Waals surface area contributed by atoms with E-state index in [1.54, 1.807) is 6.07 Å². The minimum absolute atomic E-state index is 0.0136. The van der Waals surface area contributed by atoms with Crippen LogP contribution in [0.3, 0.4) is 0 Å². The first-order valence-corrected chi connectivity index (χ1v) is 15.2. The number of nitrogens with zero attached hydrogens (tertiary/aromatic N) is 2. The first-order valence-electron chi connectivity index (χ1n) is 12.6. The van der Waals surface area contributed by atoms with Crippen molar-refractivity contribution in [1.82, 2.24) is 10.2 Å². The molecule has 1 atom stereocenters. The van der Waals surface area contributed by atoms with Crippen LogP contribution in [0.25, 0.3) is 0 Å². The Morgan fingerprint density at radius 1 is 0.975 bits per heavy atom. The molecule has 3 aromatic rings. The minimum atomic E-state index is -4.03. The molecule has 0 unspecified atom stereocenters. The molecule has 0 fully saturated rings. The van der Waals surface area contributed by atoms with Crippen LogP contribution < -0.4 is 9.62 Å². The van der Waals surface area contributed by atoms with E-state index < -0.39 is 40.2 Å². The van der Waals surface area contributed by atoms with Gasteiger partial charge in [-0.15, -0.1) is 0 Å². The van der Waals surface area contributed by atoms with Gasteiger partial charge in [0.05, 0.1) is 17.0 Å². The van der Waals surface area contributed by atoms with E-state index in [1.165, 1.54) is 41.3 Å². The number of anilines is 1. The summed E-state index contributed by atoms with van der Waals surface area (Å²) >= 11 is 12.4. The van der Waals surface area contributed by atoms with Crippen molar-refractivity contribution in [3.8, 4) is 0 Å². The number of carbonyl (C=O) groups is 2. The number of nitrogens with one attached hydrogen (secondary N) is 1. The lowest BCUT2D eigenvalue weighted by atomic mass is 10.0. The van der Waals surface area contributed by atoms with Gasteiger partial charge in [0.1, 0.15) is 18.4 Å². The van der Waals surface area contributed by atoms with Crippen LogP contribution in [0.4, 0.5) is 10.1 Å². The molecule has 0 bridgehead atoms. The molecule has 0 radical (unpaired) electrons. The molecule has 1 N–H and O–H groups in total. The summed E-state index contributed by atoms with van der Waals surface area (Å²) in [5.74, 6) is -1.57. The fourth-order valence-electron chi connectivity index (χ4n) is 4.06. The number of hydrogen-bond acceptors (Lipinski definition) is 4. The fourth-order valence-corrected chi connectivity index (χ4v) is 5.35. The summed E-state index contributed by atoms with van der Waals surface area (Å²) in [4.78, 5) is 28.8. The molecule has 0 aliphatic carbocycles. The van der Waals surface area contributed by atoms with Gasteiger partial charge in [-0.1, -0.05) is 85.6 Å². The molecular weight excluding hydrogens is 576 g/mol. The molecule has 0 aromatic heterocycles. The lowest BCUT2D eigenvalue weighted by Crippen LogP contribution is -2.53. The van der Waals surface area contributed by atoms with Gasteiger partial charge in [0, 0.05) is 30.1 Å². The Bertz CT molecular complexity index is 1440. The van der Waals surface area contributed by atoms with Crippen molar-refractivity contribution < 1.29 is 22.4 Å². The van der Waals surface area contributed by atoms with E-state index in [4.69, 9.17) is 23.2 Å². The highest BCUT2D eigenvalue weighted by molar-refractivity contribution is 7.92. The van der Waals surface area contributed by atoms with Gasteiger partial charge in [-0.2, -0.15) is 0 Å². The number of carbonyl (C=O) groups excluding carboxylic acids is 2. The van der Waals surface area contributed by atoms with Crippen molar-refractivity contribution >= 4 is 50.7 Å². The first-order chi connectivity index (χ1) is 18.9. The van der Waals surface area contributed by atoms with Crippen LogP contribution in [0, 0.1) is 11.7 Å². The summed E-state index contributed by atoms with van der Waals surface area (Å²) < 4.78 is 41.3. The van der Waals surface area contributed by atoms with Crippen molar-refractivity contribution in [3.63, 3.8) is 0 Å². The maximum atomic E-state index is 14.8. The number of rotatable bonds is 12. The Hall–Kier alpha value is -3.14. The molecule has 0 spiro atoms. The van der Waals surface area contributed by atoms with Crippen molar-refractivity contribution in [2.75, 3.05) is 23.7 Å². The summed E-state index contributed by atoms with van der Waals surface area (Å²) in [7, 11) is -4.03. The summed E-state index contributed by atoms with van der Waals surface area (Å²) in [5, 5.41) is 3.16. The van der Waals surface area contributed by atoms with Crippen LogP contribution in [0.15, 0.2) is 72.8 Å². The molecule has 2 amide bonds. The number of benzene rings is 3. The minimum Gasteiger partial charge on any atom is -0.354 e. The van der Waals surface area contributed by atoms with E-state index in [1.807, 2.05) is 44.2 Å². The van der Waals surface area contributed by atoms with E-state index in [2.05, 4.69) is 5.32 Å². The smallest absolute Gasteiger partial charge is 0.244 e. The molecule has 3 rings (SSSR count). The van der Waals surface area contributed by atoms with E-state index in [9.17, 15) is 22.4 Å². The highest BCUT2D eigenvalue weighted by Crippen LogP contribution is 2.31. The van der Waals surface area contributed by atoms with Gasteiger partial charge in [0.15, 0.2) is 0 Å². The topological polar surface area (TPSA) is 86.8 Å². The predicted molar refractivity (Wildman–Crippen MR) is 157 cm³/mol. The second-order valence-corrected chi connectivity index (χ2v) is 12.6. The first kappa shape index (κ1) is 31.4. The summed E-state index contributed by atoms with van der Waals surface area (Å²) in [5.41, 5.74) is 0.966. The molecule has 0 aliphatic rings. The second kappa shape index (κ2) is 14.0. The monoisotopic (exact) mass is 607 g/mol. The standard InChI is InChI=1S/C29H32Cl2FN3O4S/c1-20(2)17-33-29(37)27(15-21-9-5-4-6-10-21)34(18-22-11-7-8-12-25(22)32)28(36)19-35(40(3,38)39)26-16-23(30)13-14-24(26)31/h4-14,16,20,27H,15,17-19H2,1-3H3,(H,33,37)/t27-/m0/s1. The van der Waals surface area contributed by atoms with Crippen LogP contribution in [0.5, 0.6) is 0 Å². The summed E-state index contributed by atoms with van der Waals surface area (Å²) in [6.45, 7) is 3.29. The Kier molecular flexibility index (Phi) is 11.0. The lowest BCUT2D eigenvalue weighted by molar-refractivity contribution is -0.140. The van der Waals surface area contributed by atoms with Crippen LogP contribution in [-0.2, 0) is 32.6 Å². The zero-order valence-electron chi connectivity index (χ0n) is 22.5. The molecule has 7 nitrogen and oxygen atoms in total. The van der Waals surface area contributed by atoms with Crippen LogP contribution in [-0.4, -0.2) is 50.5 Å². The number of sulfonamides is 1. The molecule has 214 valence electrons. The molecule has 3 aromatic carbocycles. The quantitative estimate of drug-likeness (QED) is 0.302. The molecule has 0 saturated heterocycles. The summed E-state index contributed by atoms with van der Waals surface area (Å²) in [6.07, 6.45) is 1.07. The van der Waals surface area contributed by atoms with Crippen molar-refractivity contribution in [1.29, 1.82) is 0 Å². The number of hydrogen-bond donors (Lipinski definition) is 1. The maximum absolute atomic E-state index is 14.8. The highest BCUT2D eigenvalue weighted by Gasteiger charge is 2.34. The zero-order valence-corrected chi connectivity index (χ0v) is 24.8. The predicted octanol–water partition coefficient (Wildman–Crippen LogP) is 5.31. The SMILES string of the molecule is CC(C)CNC(=O)[C@H](Cc1ccccc1)N(Cc1ccccc1F)C(=O)CN(c1cc(Cl)ccc1Cl)S(C)(=O)=O. The number of amides is 2. The molecule has 0 aliphatic heterocycles. The van der Waals surface area contributed by atoms with Crippen LogP contribution in [0.1, 0.15) is 25.0 Å². The average molecular weight is 609 g/mol. The number of halogens is 3. The van der Waals surface area contributed by atoms with E-state index in [0.29, 0.717) is 6.54 Å². The largest absolute Gasteiger partial charge is 0.354 e. The summed E-state index contributed by atoms with van der Waals surface area (Å²) in [6, 6.07) is 18.2. The lowest BCUT2D eigenvalue weighted by Gasteiger charge is -2.34. The molecule has 0 saturated carbocycles. The highest BCUT2D eigenvalue weighted by atomic mass is 35.5. The van der Waals surface area contributed by atoms with Crippen molar-refractivity contribution in [2.24, 2.45) is 5.92 Å². The van der Waals surface area contributed by atoms with Gasteiger partial charge in [0.25, 0.3) is 0 Å². The van der Waals surface area contributed by atoms with Gasteiger partial charge < -0.3 is 10.2 Å². The van der Waals surface area contributed by atoms with Gasteiger partial charge in [-0.05, 0) is 35.7 Å². The Morgan fingerprint density at radius 3 is 2.25 bits per heavy atom. The molecular formula is C29H32Cl2FN3O4S. The van der Waals surface area contributed by atoms with Gasteiger partial charge in [-0.3, -0.25) is 13.9 Å². The van der Waals surface area contributed by atoms with Gasteiger partial charge in [-0.25, -0.2) is 12.8 Å². The third kappa shape index (κ3) is 8.68. The Morgan fingerprint density at radius 2 is 1.62 bits per heavy atom. The average Bonchev–Trinajstić information content (AvgIpc) is 2.90. The van der Waals surface area contributed by atoms with Crippen molar-refractivity contribution in [3.05, 3.63) is 99.8 Å². The molecule has 11 heteroatoms. The maximum Gasteiger partial charge on any atom is 0.244 e. The normalized spacial score (nSPS) is 12.2. The third-order valence-electron chi connectivity index (χ3n) is 6.11. The Balaban J connectivity index is 2.08. The van der Waals surface area contributed by atoms with E-state index in [0.717, 1.165) is 16.1 Å². The fraction of sp³-hybridized carbons (Fsp3) is 0.310. The molecule has 0 heterocycles. The van der Waals surface area contributed by atoms with Gasteiger partial charge in [0.2, 0.25) is 21.8 Å². The van der Waals surface area contributed by atoms with Gasteiger partial charge >= 0.3 is 0 Å². The zero-order chi connectivity index (χ0) is 29.4. The van der Waals surface area contributed by atoms with E-state index >= 15 is 0 Å². The van der Waals surface area contributed by atoms with Crippen LogP contribution in [0.2, 0.25) is 10.0 Å². The Labute approximate surface area is 244 Å². The van der Waals surface area contributed by atoms with Crippen molar-refractivity contribution in [2.45, 2.75) is 32.9 Å². The van der Waals surface area contributed by atoms with Crippen LogP contribution >= 0.6 is 23.2 Å².